The molecular weight excluding hydrogens is 325 g/mol. The van der Waals surface area contributed by atoms with Gasteiger partial charge in [-0.2, -0.15) is 0 Å². The second-order valence-corrected chi connectivity index (χ2v) is 6.22. The number of nitrogens with one attached hydrogen (secondary N) is 1. The van der Waals surface area contributed by atoms with Crippen molar-refractivity contribution in [3.63, 3.8) is 0 Å². The van der Waals surface area contributed by atoms with Crippen LogP contribution in [0.15, 0.2) is 54.6 Å². The van der Waals surface area contributed by atoms with Gasteiger partial charge in [-0.05, 0) is 31.2 Å². The molecule has 6 heteroatoms. The Kier molecular flexibility index (Phi) is 4.57. The van der Waals surface area contributed by atoms with E-state index in [9.17, 15) is 9.18 Å². The van der Waals surface area contributed by atoms with Crippen LogP contribution in [0.1, 0.15) is 15.4 Å². The third kappa shape index (κ3) is 3.28. The molecule has 122 valence electrons. The van der Waals surface area contributed by atoms with E-state index in [-0.39, 0.29) is 11.6 Å². The third-order valence-corrected chi connectivity index (χ3v) is 4.78. The summed E-state index contributed by atoms with van der Waals surface area (Å²) in [4.78, 5) is 19.3. The van der Waals surface area contributed by atoms with Gasteiger partial charge in [0.25, 0.3) is 5.91 Å². The van der Waals surface area contributed by atoms with Crippen LogP contribution in [-0.4, -0.2) is 17.9 Å². The molecule has 24 heavy (non-hydrogen) atoms. The van der Waals surface area contributed by atoms with E-state index in [0.717, 1.165) is 5.69 Å². The van der Waals surface area contributed by atoms with Gasteiger partial charge >= 0.3 is 0 Å². The predicted octanol–water partition coefficient (Wildman–Crippen LogP) is 4.61. The number of amides is 1. The summed E-state index contributed by atoms with van der Waals surface area (Å²) in [5.41, 5.74) is 1.76. The van der Waals surface area contributed by atoms with Gasteiger partial charge in [0, 0.05) is 12.7 Å². The van der Waals surface area contributed by atoms with E-state index in [4.69, 9.17) is 0 Å². The maximum atomic E-state index is 13.7. The number of benzene rings is 2. The molecule has 4 nitrogen and oxygen atoms in total. The van der Waals surface area contributed by atoms with Crippen molar-refractivity contribution in [3.05, 3.63) is 71.0 Å². The lowest BCUT2D eigenvalue weighted by molar-refractivity contribution is 0.102. The van der Waals surface area contributed by atoms with Crippen LogP contribution in [-0.2, 0) is 0 Å². The highest BCUT2D eigenvalue weighted by molar-refractivity contribution is 7.17. The van der Waals surface area contributed by atoms with Gasteiger partial charge in [0.05, 0.1) is 11.4 Å². The van der Waals surface area contributed by atoms with Gasteiger partial charge in [0.1, 0.15) is 10.7 Å². The van der Waals surface area contributed by atoms with E-state index in [0.29, 0.717) is 15.7 Å². The Bertz CT molecular complexity index is 864. The topological polar surface area (TPSA) is 45.2 Å². The fourth-order valence-corrected chi connectivity index (χ4v) is 3.18. The molecule has 0 atom stereocenters. The third-order valence-electron chi connectivity index (χ3n) is 3.54. The predicted molar refractivity (Wildman–Crippen MR) is 95.7 cm³/mol. The molecule has 3 aromatic rings. The van der Waals surface area contributed by atoms with Crippen molar-refractivity contribution in [2.45, 2.75) is 6.92 Å². The molecular formula is C18H16FN3OS. The van der Waals surface area contributed by atoms with E-state index >= 15 is 0 Å². The van der Waals surface area contributed by atoms with Crippen LogP contribution in [0.5, 0.6) is 0 Å². The molecule has 0 saturated heterocycles. The molecule has 2 aromatic carbocycles. The van der Waals surface area contributed by atoms with E-state index in [1.807, 2.05) is 42.3 Å². The van der Waals surface area contributed by atoms with Crippen LogP contribution in [0.25, 0.3) is 0 Å². The van der Waals surface area contributed by atoms with Crippen LogP contribution in [0.4, 0.5) is 20.9 Å². The van der Waals surface area contributed by atoms with Gasteiger partial charge < -0.3 is 10.2 Å². The van der Waals surface area contributed by atoms with E-state index < -0.39 is 5.82 Å². The molecule has 1 amide bonds. The van der Waals surface area contributed by atoms with Crippen molar-refractivity contribution in [2.75, 3.05) is 17.3 Å². The number of rotatable bonds is 4. The van der Waals surface area contributed by atoms with Crippen LogP contribution in [0.3, 0.4) is 0 Å². The summed E-state index contributed by atoms with van der Waals surface area (Å²) in [6, 6.07) is 15.9. The summed E-state index contributed by atoms with van der Waals surface area (Å²) in [6.07, 6.45) is 0. The van der Waals surface area contributed by atoms with Crippen molar-refractivity contribution < 1.29 is 9.18 Å². The minimum Gasteiger partial charge on any atom is -0.321 e. The molecule has 0 unspecified atom stereocenters. The summed E-state index contributed by atoms with van der Waals surface area (Å²) in [5.74, 6) is -0.822. The zero-order valence-electron chi connectivity index (χ0n) is 13.3. The van der Waals surface area contributed by atoms with Crippen molar-refractivity contribution in [2.24, 2.45) is 0 Å². The van der Waals surface area contributed by atoms with Gasteiger partial charge in [-0.15, -0.1) is 0 Å². The van der Waals surface area contributed by atoms with Crippen LogP contribution in [0, 0.1) is 12.7 Å². The Morgan fingerprint density at radius 2 is 1.79 bits per heavy atom. The van der Waals surface area contributed by atoms with Crippen molar-refractivity contribution in [3.8, 4) is 0 Å². The quantitative estimate of drug-likeness (QED) is 0.754. The number of nitrogens with zero attached hydrogens (tertiary/aromatic N) is 2. The highest BCUT2D eigenvalue weighted by Gasteiger charge is 2.19. The number of aryl methyl sites for hydroxylation is 1. The van der Waals surface area contributed by atoms with E-state index in [1.165, 1.54) is 23.5 Å². The number of aromatic nitrogens is 1. The van der Waals surface area contributed by atoms with Crippen molar-refractivity contribution in [1.29, 1.82) is 0 Å². The Morgan fingerprint density at radius 1 is 1.12 bits per heavy atom. The van der Waals surface area contributed by atoms with E-state index in [2.05, 4.69) is 10.3 Å². The molecule has 0 radical (unpaired) electrons. The number of thiazole rings is 1. The number of para-hydroxylation sites is 2. The summed E-state index contributed by atoms with van der Waals surface area (Å²) in [6.45, 7) is 1.77. The molecule has 0 aliphatic heterocycles. The van der Waals surface area contributed by atoms with Crippen LogP contribution in [0.2, 0.25) is 0 Å². The number of anilines is 3. The standard InChI is InChI=1S/C18H16FN3OS/c1-12-16(17(23)21-15-11-7-6-10-14(15)19)24-18(20-12)22(2)13-8-4-3-5-9-13/h3-11H,1-2H3,(H,21,23). The Morgan fingerprint density at radius 3 is 2.50 bits per heavy atom. The van der Waals surface area contributed by atoms with E-state index in [1.54, 1.807) is 19.1 Å². The smallest absolute Gasteiger partial charge is 0.267 e. The normalized spacial score (nSPS) is 10.5. The molecule has 0 fully saturated rings. The second kappa shape index (κ2) is 6.80. The molecule has 0 aliphatic rings. The van der Waals surface area contributed by atoms with Gasteiger partial charge in [0.15, 0.2) is 5.13 Å². The molecule has 0 spiro atoms. The fraction of sp³-hybridized carbons (Fsp3) is 0.111. The number of hydrogen-bond donors (Lipinski definition) is 1. The molecule has 0 saturated carbocycles. The van der Waals surface area contributed by atoms with Crippen LogP contribution >= 0.6 is 11.3 Å². The van der Waals surface area contributed by atoms with Crippen LogP contribution < -0.4 is 10.2 Å². The lowest BCUT2D eigenvalue weighted by Gasteiger charge is -2.15. The van der Waals surface area contributed by atoms with Gasteiger partial charge in [-0.1, -0.05) is 41.7 Å². The Labute approximate surface area is 143 Å². The lowest BCUT2D eigenvalue weighted by atomic mass is 10.3. The number of hydrogen-bond acceptors (Lipinski definition) is 4. The lowest BCUT2D eigenvalue weighted by Crippen LogP contribution is -2.12. The van der Waals surface area contributed by atoms with Gasteiger partial charge in [0.2, 0.25) is 0 Å². The summed E-state index contributed by atoms with van der Waals surface area (Å²) in [7, 11) is 1.89. The first kappa shape index (κ1) is 16.1. The molecule has 1 aromatic heterocycles. The molecule has 1 N–H and O–H groups in total. The molecule has 0 aliphatic carbocycles. The highest BCUT2D eigenvalue weighted by atomic mass is 32.1. The Hall–Kier alpha value is -2.73. The summed E-state index contributed by atoms with van der Waals surface area (Å²) in [5, 5.41) is 3.30. The van der Waals surface area contributed by atoms with Gasteiger partial charge in [-0.25, -0.2) is 9.37 Å². The monoisotopic (exact) mass is 341 g/mol. The SMILES string of the molecule is Cc1nc(N(C)c2ccccc2)sc1C(=O)Nc1ccccc1F. The average molecular weight is 341 g/mol. The second-order valence-electron chi connectivity index (χ2n) is 5.24. The zero-order chi connectivity index (χ0) is 17.1. The summed E-state index contributed by atoms with van der Waals surface area (Å²) < 4.78 is 13.7. The fourth-order valence-electron chi connectivity index (χ4n) is 2.24. The maximum Gasteiger partial charge on any atom is 0.267 e. The summed E-state index contributed by atoms with van der Waals surface area (Å²) >= 11 is 1.28. The highest BCUT2D eigenvalue weighted by Crippen LogP contribution is 2.30. The first-order chi connectivity index (χ1) is 11.6. The minimum atomic E-state index is -0.463. The Balaban J connectivity index is 1.84. The van der Waals surface area contributed by atoms with Crippen molar-refractivity contribution >= 4 is 33.8 Å². The van der Waals surface area contributed by atoms with Crippen molar-refractivity contribution in [1.82, 2.24) is 4.98 Å². The number of carbonyl (C=O) groups excluding carboxylic acids is 1. The largest absolute Gasteiger partial charge is 0.321 e. The molecule has 3 rings (SSSR count). The first-order valence-corrected chi connectivity index (χ1v) is 8.20. The minimum absolute atomic E-state index is 0.160. The molecule has 0 bridgehead atoms. The average Bonchev–Trinajstić information content (AvgIpc) is 2.99. The number of carbonyl (C=O) groups is 1. The zero-order valence-corrected chi connectivity index (χ0v) is 14.1. The first-order valence-electron chi connectivity index (χ1n) is 7.38. The molecule has 1 heterocycles. The number of halogens is 1. The van der Waals surface area contributed by atoms with Gasteiger partial charge in [-0.3, -0.25) is 4.79 Å². The maximum absolute atomic E-state index is 13.7.